The van der Waals surface area contributed by atoms with Crippen LogP contribution in [0.15, 0.2) is 60.7 Å². The molecule has 0 aliphatic heterocycles. The second-order valence-corrected chi connectivity index (χ2v) is 13.4. The summed E-state index contributed by atoms with van der Waals surface area (Å²) in [6, 6.07) is 23.1. The number of hydrogen-bond acceptors (Lipinski definition) is 2. The lowest BCUT2D eigenvalue weighted by molar-refractivity contribution is 0.539. The van der Waals surface area contributed by atoms with Crippen LogP contribution in [0, 0.1) is 6.92 Å². The summed E-state index contributed by atoms with van der Waals surface area (Å²) in [7, 11) is 0. The average Bonchev–Trinajstić information content (AvgIpc) is 3.47. The zero-order valence-electron chi connectivity index (χ0n) is 23.5. The van der Waals surface area contributed by atoms with Crippen LogP contribution >= 0.6 is 22.7 Å². The Morgan fingerprint density at radius 2 is 1.00 bits per heavy atom. The van der Waals surface area contributed by atoms with Crippen molar-refractivity contribution in [3.8, 4) is 11.1 Å². The molecule has 0 unspecified atom stereocenters. The normalized spacial score (nSPS) is 11.8. The van der Waals surface area contributed by atoms with Gasteiger partial charge in [-0.1, -0.05) is 138 Å². The Kier molecular flexibility index (Phi) is 9.93. The van der Waals surface area contributed by atoms with Gasteiger partial charge in [-0.05, 0) is 48.6 Å². The van der Waals surface area contributed by atoms with Gasteiger partial charge in [0.05, 0.1) is 9.40 Å². The number of hydrogen-bond donors (Lipinski definition) is 0. The SMILES string of the molecule is CCCCCCCCCCCCCCCc1ccc2c(c1)sc1c3ccc(-c4ccc(C)cc4)cc3sc21. The molecule has 0 saturated heterocycles. The van der Waals surface area contributed by atoms with Gasteiger partial charge in [0.1, 0.15) is 0 Å². The molecule has 5 rings (SSSR count). The highest BCUT2D eigenvalue weighted by atomic mass is 32.1. The predicted octanol–water partition coefficient (Wildman–Crippen LogP) is 12.9. The molecule has 38 heavy (non-hydrogen) atoms. The molecule has 0 fully saturated rings. The van der Waals surface area contributed by atoms with Crippen LogP contribution in [-0.4, -0.2) is 0 Å². The van der Waals surface area contributed by atoms with E-state index < -0.39 is 0 Å². The number of benzene rings is 3. The minimum Gasteiger partial charge on any atom is -0.134 e. The predicted molar refractivity (Wildman–Crippen MR) is 174 cm³/mol. The van der Waals surface area contributed by atoms with E-state index in [-0.39, 0.29) is 0 Å². The van der Waals surface area contributed by atoms with Gasteiger partial charge in [0.2, 0.25) is 0 Å². The fourth-order valence-corrected chi connectivity index (χ4v) is 8.48. The van der Waals surface area contributed by atoms with Crippen LogP contribution in [-0.2, 0) is 6.42 Å². The lowest BCUT2D eigenvalue weighted by Crippen LogP contribution is -1.86. The second kappa shape index (κ2) is 13.8. The van der Waals surface area contributed by atoms with E-state index >= 15 is 0 Å². The molecule has 0 radical (unpaired) electrons. The first-order valence-corrected chi connectivity index (χ1v) is 16.8. The Labute approximate surface area is 238 Å². The first-order chi connectivity index (χ1) is 18.7. The third-order valence-electron chi connectivity index (χ3n) is 8.10. The van der Waals surface area contributed by atoms with E-state index in [0.717, 1.165) is 0 Å². The maximum Gasteiger partial charge on any atom is 0.0542 e. The van der Waals surface area contributed by atoms with Crippen molar-refractivity contribution >= 4 is 52.2 Å². The van der Waals surface area contributed by atoms with Crippen molar-refractivity contribution in [2.24, 2.45) is 0 Å². The van der Waals surface area contributed by atoms with Crippen molar-refractivity contribution < 1.29 is 0 Å². The molecule has 5 aromatic rings. The Morgan fingerprint density at radius 3 is 1.61 bits per heavy atom. The van der Waals surface area contributed by atoms with Crippen LogP contribution < -0.4 is 0 Å². The summed E-state index contributed by atoms with van der Waals surface area (Å²) in [5.41, 5.74) is 5.44. The highest BCUT2D eigenvalue weighted by Gasteiger charge is 2.13. The molecule has 0 N–H and O–H groups in total. The monoisotopic (exact) mass is 540 g/mol. The molecule has 2 aromatic heterocycles. The van der Waals surface area contributed by atoms with Crippen molar-refractivity contribution in [2.45, 2.75) is 104 Å². The molecule has 0 amide bonds. The van der Waals surface area contributed by atoms with Crippen LogP contribution in [0.25, 0.3) is 40.7 Å². The summed E-state index contributed by atoms with van der Waals surface area (Å²) in [6.45, 7) is 4.45. The number of aryl methyl sites for hydroxylation is 2. The molecule has 0 aliphatic carbocycles. The van der Waals surface area contributed by atoms with Crippen molar-refractivity contribution in [3.05, 3.63) is 71.8 Å². The molecule has 0 saturated carbocycles. The quantitative estimate of drug-likeness (QED) is 0.116. The lowest BCUT2D eigenvalue weighted by Gasteiger charge is -2.04. The smallest absolute Gasteiger partial charge is 0.0542 e. The summed E-state index contributed by atoms with van der Waals surface area (Å²) in [5, 5.41) is 2.86. The van der Waals surface area contributed by atoms with Crippen LogP contribution in [0.2, 0.25) is 0 Å². The summed E-state index contributed by atoms with van der Waals surface area (Å²) in [6.07, 6.45) is 19.7. The van der Waals surface area contributed by atoms with Gasteiger partial charge in [-0.15, -0.1) is 22.7 Å². The standard InChI is InChI=1S/C36H44S2/c1-3-4-5-6-7-8-9-10-11-12-13-14-15-16-28-19-23-31-33(25-28)37-36-32-24-22-30(26-34(32)38-35(31)36)29-20-17-27(2)18-21-29/h17-26H,3-16H2,1-2H3. The topological polar surface area (TPSA) is 0 Å². The summed E-state index contributed by atoms with van der Waals surface area (Å²) < 4.78 is 5.80. The number of fused-ring (bicyclic) bond motifs is 5. The van der Waals surface area contributed by atoms with Gasteiger partial charge in [-0.2, -0.15) is 0 Å². The Bertz CT molecular complexity index is 1430. The van der Waals surface area contributed by atoms with Crippen molar-refractivity contribution in [1.29, 1.82) is 0 Å². The van der Waals surface area contributed by atoms with Gasteiger partial charge in [0, 0.05) is 20.2 Å². The van der Waals surface area contributed by atoms with E-state index in [9.17, 15) is 0 Å². The maximum absolute atomic E-state index is 2.47. The molecular weight excluding hydrogens is 497 g/mol. The first-order valence-electron chi connectivity index (χ1n) is 15.2. The van der Waals surface area contributed by atoms with Crippen LogP contribution in [0.1, 0.15) is 102 Å². The third kappa shape index (κ3) is 6.88. The van der Waals surface area contributed by atoms with E-state index in [1.807, 2.05) is 22.7 Å². The minimum absolute atomic E-state index is 1.22. The molecular formula is C36H44S2. The van der Waals surface area contributed by atoms with Gasteiger partial charge in [0.15, 0.2) is 0 Å². The maximum atomic E-state index is 2.47. The van der Waals surface area contributed by atoms with E-state index in [2.05, 4.69) is 74.5 Å². The van der Waals surface area contributed by atoms with Gasteiger partial charge >= 0.3 is 0 Å². The third-order valence-corrected chi connectivity index (χ3v) is 10.6. The lowest BCUT2D eigenvalue weighted by atomic mass is 10.0. The zero-order valence-corrected chi connectivity index (χ0v) is 25.1. The first kappa shape index (κ1) is 27.4. The fourth-order valence-electron chi connectivity index (χ4n) is 5.73. The molecule has 3 aromatic carbocycles. The Hall–Kier alpha value is -2.16. The van der Waals surface area contributed by atoms with Crippen molar-refractivity contribution in [2.75, 3.05) is 0 Å². The molecule has 0 atom stereocenters. The minimum atomic E-state index is 1.22. The summed E-state index contributed by atoms with van der Waals surface area (Å²) in [4.78, 5) is 0. The van der Waals surface area contributed by atoms with Gasteiger partial charge < -0.3 is 0 Å². The van der Waals surface area contributed by atoms with Gasteiger partial charge in [0.25, 0.3) is 0 Å². The van der Waals surface area contributed by atoms with E-state index in [1.165, 1.54) is 142 Å². The van der Waals surface area contributed by atoms with E-state index in [0.29, 0.717) is 0 Å². The largest absolute Gasteiger partial charge is 0.134 e. The fraction of sp³-hybridized carbons (Fsp3) is 0.444. The molecule has 2 heterocycles. The van der Waals surface area contributed by atoms with Gasteiger partial charge in [-0.3, -0.25) is 0 Å². The number of rotatable bonds is 15. The molecule has 0 bridgehead atoms. The van der Waals surface area contributed by atoms with Crippen LogP contribution in [0.5, 0.6) is 0 Å². The second-order valence-electron chi connectivity index (χ2n) is 11.3. The summed E-state index contributed by atoms with van der Waals surface area (Å²) in [5.74, 6) is 0. The van der Waals surface area contributed by atoms with Crippen molar-refractivity contribution in [1.82, 2.24) is 0 Å². The Balaban J connectivity index is 1.10. The van der Waals surface area contributed by atoms with Gasteiger partial charge in [-0.25, -0.2) is 0 Å². The van der Waals surface area contributed by atoms with E-state index in [1.54, 1.807) is 0 Å². The van der Waals surface area contributed by atoms with E-state index in [4.69, 9.17) is 0 Å². The zero-order chi connectivity index (χ0) is 26.2. The number of thiophene rings is 2. The van der Waals surface area contributed by atoms with Crippen LogP contribution in [0.4, 0.5) is 0 Å². The Morgan fingerprint density at radius 1 is 0.500 bits per heavy atom. The molecule has 0 nitrogen and oxygen atoms in total. The highest BCUT2D eigenvalue weighted by molar-refractivity contribution is 7.36. The highest BCUT2D eigenvalue weighted by Crippen LogP contribution is 2.45. The summed E-state index contributed by atoms with van der Waals surface area (Å²) >= 11 is 3.95. The molecule has 0 aliphatic rings. The van der Waals surface area contributed by atoms with Crippen LogP contribution in [0.3, 0.4) is 0 Å². The molecule has 200 valence electrons. The van der Waals surface area contributed by atoms with Crippen molar-refractivity contribution in [3.63, 3.8) is 0 Å². The average molecular weight is 541 g/mol. The number of unbranched alkanes of at least 4 members (excludes halogenated alkanes) is 12. The molecule has 2 heteroatoms. The molecule has 0 spiro atoms.